The van der Waals surface area contributed by atoms with Crippen LogP contribution in [-0.4, -0.2) is 35.8 Å². The largest absolute Gasteiger partial charge is 0.379 e. The molecule has 0 aliphatic rings. The molecule has 0 aromatic carbocycles. The Morgan fingerprint density at radius 2 is 1.67 bits per heavy atom. The Morgan fingerprint density at radius 1 is 1.00 bits per heavy atom. The predicted octanol–water partition coefficient (Wildman–Crippen LogP) is -0.529. The van der Waals surface area contributed by atoms with E-state index in [1.54, 1.807) is 0 Å². The molecule has 0 aliphatic heterocycles. The number of nitrogens with one attached hydrogen (secondary N) is 1. The van der Waals surface area contributed by atoms with Gasteiger partial charge in [-0.25, -0.2) is 0 Å². The van der Waals surface area contributed by atoms with Gasteiger partial charge in [-0.15, -0.1) is 0 Å². The van der Waals surface area contributed by atoms with Crippen molar-refractivity contribution in [1.29, 1.82) is 0 Å². The Hall–Kier alpha value is -0.200. The lowest BCUT2D eigenvalue weighted by atomic mass is 10.2. The molecule has 0 bridgehead atoms. The molecule has 2 atom stereocenters. The van der Waals surface area contributed by atoms with Gasteiger partial charge in [0.2, 0.25) is 0 Å². The minimum Gasteiger partial charge on any atom is -0.379 e. The smallest absolute Gasteiger partial charge is 0.104 e. The summed E-state index contributed by atoms with van der Waals surface area (Å²) in [6.07, 6.45) is 3.92. The molecule has 5 nitrogen and oxygen atoms in total. The third-order valence-corrected chi connectivity index (χ3v) is 2.24. The number of unbranched alkanes of at least 4 members (excludes halogenated alkanes) is 2. The fourth-order valence-electron chi connectivity index (χ4n) is 1.33. The molecule has 0 heterocycles. The summed E-state index contributed by atoms with van der Waals surface area (Å²) in [6, 6.07) is 0. The van der Waals surface area contributed by atoms with Gasteiger partial charge in [-0.3, -0.25) is 5.32 Å². The van der Waals surface area contributed by atoms with Crippen molar-refractivity contribution in [2.24, 2.45) is 11.5 Å². The van der Waals surface area contributed by atoms with Gasteiger partial charge in [0.15, 0.2) is 0 Å². The topological polar surface area (TPSA) is 105 Å². The van der Waals surface area contributed by atoms with Crippen molar-refractivity contribution in [2.45, 2.75) is 51.0 Å². The van der Waals surface area contributed by atoms with E-state index >= 15 is 0 Å². The number of hydrogen-bond acceptors (Lipinski definition) is 5. The van der Waals surface area contributed by atoms with Gasteiger partial charge in [-0.1, -0.05) is 0 Å². The lowest BCUT2D eigenvalue weighted by Gasteiger charge is -2.12. The van der Waals surface area contributed by atoms with Crippen LogP contribution in [0.15, 0.2) is 0 Å². The summed E-state index contributed by atoms with van der Waals surface area (Å²) in [5, 5.41) is 21.3. The molecule has 0 spiro atoms. The van der Waals surface area contributed by atoms with Crippen molar-refractivity contribution in [2.75, 3.05) is 13.1 Å². The van der Waals surface area contributed by atoms with Crippen LogP contribution in [0, 0.1) is 0 Å². The summed E-state index contributed by atoms with van der Waals surface area (Å²) in [5.74, 6) is 0. The molecule has 0 fully saturated rings. The van der Waals surface area contributed by atoms with E-state index in [1.807, 2.05) is 0 Å². The molecular formula is C10H25N3O2. The van der Waals surface area contributed by atoms with Gasteiger partial charge in [-0.2, -0.15) is 0 Å². The maximum absolute atomic E-state index is 9.46. The molecular weight excluding hydrogens is 194 g/mol. The lowest BCUT2D eigenvalue weighted by Crippen LogP contribution is -2.29. The molecule has 0 aromatic rings. The molecule has 92 valence electrons. The Kier molecular flexibility index (Phi) is 10.2. The molecule has 7 N–H and O–H groups in total. The summed E-state index contributed by atoms with van der Waals surface area (Å²) in [7, 11) is 0. The van der Waals surface area contributed by atoms with Crippen molar-refractivity contribution >= 4 is 0 Å². The Morgan fingerprint density at radius 3 is 2.27 bits per heavy atom. The van der Waals surface area contributed by atoms with E-state index < -0.39 is 12.5 Å². The maximum atomic E-state index is 9.46. The van der Waals surface area contributed by atoms with Gasteiger partial charge in [0, 0.05) is 0 Å². The summed E-state index contributed by atoms with van der Waals surface area (Å²) in [6.45, 7) is 1.44. The van der Waals surface area contributed by atoms with Gasteiger partial charge in [0.25, 0.3) is 0 Å². The number of aliphatic hydroxyl groups excluding tert-OH is 2. The Labute approximate surface area is 91.8 Å². The highest BCUT2D eigenvalue weighted by molar-refractivity contribution is 4.56. The molecule has 0 saturated heterocycles. The van der Waals surface area contributed by atoms with Crippen LogP contribution in [0.4, 0.5) is 0 Å². The quantitative estimate of drug-likeness (QED) is 0.251. The van der Waals surface area contributed by atoms with Crippen LogP contribution >= 0.6 is 0 Å². The van der Waals surface area contributed by atoms with Gasteiger partial charge in [0.1, 0.15) is 12.5 Å². The molecule has 0 radical (unpaired) electrons. The average Bonchev–Trinajstić information content (AvgIpc) is 2.17. The highest BCUT2D eigenvalue weighted by Gasteiger charge is 2.02. The van der Waals surface area contributed by atoms with Crippen LogP contribution in [0.5, 0.6) is 0 Å². The van der Waals surface area contributed by atoms with Crippen molar-refractivity contribution < 1.29 is 10.2 Å². The van der Waals surface area contributed by atoms with Gasteiger partial charge in [-0.05, 0) is 51.6 Å². The normalized spacial score (nSPS) is 15.2. The van der Waals surface area contributed by atoms with Crippen molar-refractivity contribution in [1.82, 2.24) is 5.32 Å². The summed E-state index contributed by atoms with van der Waals surface area (Å²) in [4.78, 5) is 0. The minimum atomic E-state index is -0.709. The minimum absolute atomic E-state index is 0.431. The van der Waals surface area contributed by atoms with Crippen LogP contribution < -0.4 is 16.8 Å². The van der Waals surface area contributed by atoms with Crippen LogP contribution in [0.3, 0.4) is 0 Å². The number of nitrogens with two attached hydrogens (primary N) is 2. The third kappa shape index (κ3) is 11.7. The fraction of sp³-hybridized carbons (Fsp3) is 1.00. The third-order valence-electron chi connectivity index (χ3n) is 2.24. The summed E-state index contributed by atoms with van der Waals surface area (Å²) < 4.78 is 0. The number of rotatable bonds is 10. The van der Waals surface area contributed by atoms with E-state index in [1.165, 1.54) is 0 Å². The standard InChI is InChI=1S/C10H25N3O2/c11-7-3-1-6-10(15)13-8-4-2-5-9(12)14/h9-10,13-15H,1-8,11-12H2. The zero-order chi connectivity index (χ0) is 11.5. The highest BCUT2D eigenvalue weighted by atomic mass is 16.3. The maximum Gasteiger partial charge on any atom is 0.104 e. The van der Waals surface area contributed by atoms with Crippen molar-refractivity contribution in [3.05, 3.63) is 0 Å². The first-order chi connectivity index (χ1) is 7.16. The Balaban J connectivity index is 3.13. The zero-order valence-corrected chi connectivity index (χ0v) is 9.36. The second-order valence-corrected chi connectivity index (χ2v) is 3.82. The summed E-state index contributed by atoms with van der Waals surface area (Å²) in [5.41, 5.74) is 10.5. The number of hydrogen-bond donors (Lipinski definition) is 5. The summed E-state index contributed by atoms with van der Waals surface area (Å²) >= 11 is 0. The van der Waals surface area contributed by atoms with E-state index in [-0.39, 0.29) is 0 Å². The molecule has 0 saturated carbocycles. The van der Waals surface area contributed by atoms with Crippen LogP contribution in [0.25, 0.3) is 0 Å². The predicted molar refractivity (Wildman–Crippen MR) is 61.0 cm³/mol. The van der Waals surface area contributed by atoms with E-state index in [4.69, 9.17) is 16.6 Å². The van der Waals surface area contributed by atoms with Gasteiger partial charge in [0.05, 0.1) is 0 Å². The lowest BCUT2D eigenvalue weighted by molar-refractivity contribution is 0.123. The average molecular weight is 219 g/mol. The molecule has 0 rings (SSSR count). The van der Waals surface area contributed by atoms with Crippen LogP contribution in [0.1, 0.15) is 38.5 Å². The van der Waals surface area contributed by atoms with E-state index in [0.29, 0.717) is 13.0 Å². The molecule has 0 amide bonds. The Bertz CT molecular complexity index is 134. The second kappa shape index (κ2) is 10.3. The number of aliphatic hydroxyl groups is 2. The SMILES string of the molecule is NCCCCC(O)NCCCCC(N)O. The molecule has 0 aliphatic carbocycles. The first-order valence-corrected chi connectivity index (χ1v) is 5.72. The fourth-order valence-corrected chi connectivity index (χ4v) is 1.33. The molecule has 0 aromatic heterocycles. The van der Waals surface area contributed by atoms with E-state index in [9.17, 15) is 5.11 Å². The van der Waals surface area contributed by atoms with Crippen molar-refractivity contribution in [3.8, 4) is 0 Å². The van der Waals surface area contributed by atoms with Crippen molar-refractivity contribution in [3.63, 3.8) is 0 Å². The van der Waals surface area contributed by atoms with Gasteiger partial charge >= 0.3 is 0 Å². The zero-order valence-electron chi connectivity index (χ0n) is 9.36. The second-order valence-electron chi connectivity index (χ2n) is 3.82. The monoisotopic (exact) mass is 219 g/mol. The van der Waals surface area contributed by atoms with Crippen LogP contribution in [-0.2, 0) is 0 Å². The van der Waals surface area contributed by atoms with Crippen LogP contribution in [0.2, 0.25) is 0 Å². The van der Waals surface area contributed by atoms with E-state index in [0.717, 1.165) is 38.6 Å². The highest BCUT2D eigenvalue weighted by Crippen LogP contribution is 1.99. The molecule has 5 heteroatoms. The first-order valence-electron chi connectivity index (χ1n) is 5.72. The van der Waals surface area contributed by atoms with Gasteiger partial charge < -0.3 is 21.7 Å². The molecule has 15 heavy (non-hydrogen) atoms. The first kappa shape index (κ1) is 14.8. The molecule has 2 unspecified atom stereocenters. The van der Waals surface area contributed by atoms with E-state index in [2.05, 4.69) is 5.32 Å².